The third-order valence-corrected chi connectivity index (χ3v) is 9.95. The van der Waals surface area contributed by atoms with Gasteiger partial charge in [0.25, 0.3) is 0 Å². The molecule has 0 bridgehead atoms. The monoisotopic (exact) mass is 585 g/mol. The summed E-state index contributed by atoms with van der Waals surface area (Å²) in [6.45, 7) is -0.271. The van der Waals surface area contributed by atoms with Crippen molar-refractivity contribution >= 4 is 63.0 Å². The Bertz CT molecular complexity index is 1890. The van der Waals surface area contributed by atoms with Crippen molar-refractivity contribution in [1.29, 1.82) is 0 Å². The number of fused-ring (bicyclic) bond motifs is 3. The van der Waals surface area contributed by atoms with E-state index in [9.17, 15) is 23.6 Å². The molecule has 1 saturated heterocycles. The lowest BCUT2D eigenvalue weighted by Gasteiger charge is -2.29. The number of hydrogen-bond acceptors (Lipinski definition) is 7. The van der Waals surface area contributed by atoms with E-state index in [0.29, 0.717) is 21.4 Å². The Morgan fingerprint density at radius 3 is 2.49 bits per heavy atom. The number of imide groups is 1. The van der Waals surface area contributed by atoms with E-state index in [1.807, 2.05) is 36.4 Å². The van der Waals surface area contributed by atoms with Crippen molar-refractivity contribution in [2.45, 2.75) is 22.7 Å². The molecule has 0 unspecified atom stereocenters. The van der Waals surface area contributed by atoms with Crippen molar-refractivity contribution in [2.75, 3.05) is 10.2 Å². The number of carbonyl (C=O) groups excluding carboxylic acids is 3. The predicted octanol–water partition coefficient (Wildman–Crippen LogP) is 5.23. The molecule has 0 radical (unpaired) electrons. The Morgan fingerprint density at radius 1 is 0.927 bits per heavy atom. The largest absolute Gasteiger partial charge is 0.469 e. The van der Waals surface area contributed by atoms with E-state index in [4.69, 9.17) is 4.42 Å². The molecule has 41 heavy (non-hydrogen) atoms. The van der Waals surface area contributed by atoms with Crippen molar-refractivity contribution in [2.24, 2.45) is 5.92 Å². The van der Waals surface area contributed by atoms with E-state index in [2.05, 4.69) is 5.32 Å². The van der Waals surface area contributed by atoms with Crippen LogP contribution < -0.4 is 15.1 Å². The maximum absolute atomic E-state index is 13.7. The Labute approximate surface area is 240 Å². The Morgan fingerprint density at radius 2 is 1.71 bits per heavy atom. The molecule has 2 aromatic heterocycles. The highest BCUT2D eigenvalue weighted by Gasteiger charge is 2.57. The lowest BCUT2D eigenvalue weighted by molar-refractivity contribution is -0.122. The maximum Gasteiger partial charge on any atom is 0.308 e. The van der Waals surface area contributed by atoms with Gasteiger partial charge in [0.05, 0.1) is 33.7 Å². The number of carbonyl (C=O) groups is 3. The van der Waals surface area contributed by atoms with Gasteiger partial charge in [-0.1, -0.05) is 59.5 Å². The van der Waals surface area contributed by atoms with Crippen molar-refractivity contribution in [3.05, 3.63) is 111 Å². The highest BCUT2D eigenvalue weighted by Crippen LogP contribution is 2.53. The lowest BCUT2D eigenvalue weighted by atomic mass is 9.87. The molecule has 0 saturated carbocycles. The molecule has 3 aromatic carbocycles. The molecule has 2 aliphatic heterocycles. The second-order valence-electron chi connectivity index (χ2n) is 9.74. The first-order chi connectivity index (χ1) is 19.9. The van der Waals surface area contributed by atoms with Crippen LogP contribution in [0.5, 0.6) is 0 Å². The molecule has 3 amide bonds. The van der Waals surface area contributed by atoms with Gasteiger partial charge >= 0.3 is 4.87 Å². The fourth-order valence-corrected chi connectivity index (χ4v) is 8.30. The molecule has 4 heterocycles. The van der Waals surface area contributed by atoms with Crippen LogP contribution >= 0.6 is 23.1 Å². The molecular formula is C30H20FN3O5S2. The van der Waals surface area contributed by atoms with Crippen LogP contribution in [-0.2, 0) is 20.9 Å². The summed E-state index contributed by atoms with van der Waals surface area (Å²) >= 11 is 2.05. The van der Waals surface area contributed by atoms with Gasteiger partial charge in [-0.05, 0) is 47.9 Å². The zero-order valence-corrected chi connectivity index (χ0v) is 22.8. The van der Waals surface area contributed by atoms with Crippen molar-refractivity contribution in [1.82, 2.24) is 4.57 Å². The van der Waals surface area contributed by atoms with Gasteiger partial charge in [-0.25, -0.2) is 9.29 Å². The third-order valence-electron chi connectivity index (χ3n) is 7.35. The first-order valence-electron chi connectivity index (χ1n) is 12.8. The summed E-state index contributed by atoms with van der Waals surface area (Å²) in [6.07, 6.45) is 1.47. The van der Waals surface area contributed by atoms with Gasteiger partial charge in [0.1, 0.15) is 23.4 Å². The summed E-state index contributed by atoms with van der Waals surface area (Å²) in [7, 11) is 0. The number of aromatic nitrogens is 1. The van der Waals surface area contributed by atoms with Crippen LogP contribution in [0.15, 0.2) is 99.4 Å². The zero-order valence-electron chi connectivity index (χ0n) is 21.2. The van der Waals surface area contributed by atoms with Gasteiger partial charge in [-0.2, -0.15) is 0 Å². The van der Waals surface area contributed by atoms with Crippen LogP contribution in [0.4, 0.5) is 15.8 Å². The van der Waals surface area contributed by atoms with Gasteiger partial charge in [0.15, 0.2) is 0 Å². The van der Waals surface area contributed by atoms with Crippen LogP contribution in [0.25, 0.3) is 10.8 Å². The number of halogens is 1. The summed E-state index contributed by atoms with van der Waals surface area (Å²) in [6, 6.07) is 21.8. The van der Waals surface area contributed by atoms with Gasteiger partial charge in [-0.3, -0.25) is 23.7 Å². The molecule has 0 spiro atoms. The maximum atomic E-state index is 13.7. The molecule has 5 aromatic rings. The molecule has 1 N–H and O–H groups in total. The van der Waals surface area contributed by atoms with Crippen molar-refractivity contribution in [3.8, 4) is 0 Å². The molecular weight excluding hydrogens is 565 g/mol. The number of nitrogens with zero attached hydrogens (tertiary/aromatic N) is 2. The van der Waals surface area contributed by atoms with E-state index in [1.165, 1.54) is 35.1 Å². The highest BCUT2D eigenvalue weighted by atomic mass is 32.2. The predicted molar refractivity (Wildman–Crippen MR) is 154 cm³/mol. The average Bonchev–Trinajstić information content (AvgIpc) is 3.67. The summed E-state index contributed by atoms with van der Waals surface area (Å²) in [5.74, 6) is -2.90. The summed E-state index contributed by atoms with van der Waals surface area (Å²) in [5, 5.41) is 4.34. The van der Waals surface area contributed by atoms with Crippen LogP contribution in [0, 0.1) is 11.7 Å². The molecule has 1 fully saturated rings. The summed E-state index contributed by atoms with van der Waals surface area (Å²) in [5.41, 5.74) is 0.891. The SMILES string of the molecule is O=C(Cn1c2c(sc1=O)[C@@H](c1ccco1)[C@@H]1C(=O)N(c3ccc(F)cc3)C(=O)[C@@H]1S2)Nc1cccc2ccccc12. The Hall–Kier alpha value is -4.48. The molecule has 8 nitrogen and oxygen atoms in total. The number of rotatable bonds is 5. The minimum Gasteiger partial charge on any atom is -0.469 e. The van der Waals surface area contributed by atoms with E-state index in [0.717, 1.165) is 38.8 Å². The number of thiazole rings is 1. The Balaban J connectivity index is 1.25. The molecule has 11 heteroatoms. The molecule has 0 aliphatic carbocycles. The molecule has 204 valence electrons. The first kappa shape index (κ1) is 25.5. The number of thioether (sulfide) groups is 1. The second-order valence-corrected chi connectivity index (χ2v) is 11.9. The first-order valence-corrected chi connectivity index (χ1v) is 14.4. The standard InChI is InChI=1S/C30H20FN3O5S2/c31-17-10-12-18(13-11-17)34-27(36)24-23(21-9-4-14-39-21)26-29(40-25(24)28(34)37)33(30(38)41-26)15-22(35)32-20-8-3-6-16-5-1-2-7-19(16)20/h1-14,23-25H,15H2,(H,32,35)/t23-,24-,25+/m0/s1. The number of furan rings is 1. The number of amides is 3. The number of nitrogens with one attached hydrogen (secondary N) is 1. The fourth-order valence-electron chi connectivity index (χ4n) is 5.54. The minimum absolute atomic E-state index is 0.268. The Kier molecular flexibility index (Phi) is 6.13. The molecule has 7 rings (SSSR count). The lowest BCUT2D eigenvalue weighted by Crippen LogP contribution is -2.32. The summed E-state index contributed by atoms with van der Waals surface area (Å²) < 4.78 is 20.6. The number of benzene rings is 3. The van der Waals surface area contributed by atoms with Crippen molar-refractivity contribution < 1.29 is 23.2 Å². The van der Waals surface area contributed by atoms with E-state index in [1.54, 1.807) is 18.2 Å². The fraction of sp³-hybridized carbons (Fsp3) is 0.133. The van der Waals surface area contributed by atoms with Crippen molar-refractivity contribution in [3.63, 3.8) is 0 Å². The van der Waals surface area contributed by atoms with Crippen LogP contribution in [0.2, 0.25) is 0 Å². The minimum atomic E-state index is -0.864. The number of hydrogen-bond donors (Lipinski definition) is 1. The van der Waals surface area contributed by atoms with Crippen LogP contribution in [-0.4, -0.2) is 27.5 Å². The van der Waals surface area contributed by atoms with Gasteiger partial charge < -0.3 is 9.73 Å². The van der Waals surface area contributed by atoms with Gasteiger partial charge in [-0.15, -0.1) is 0 Å². The average molecular weight is 586 g/mol. The quantitative estimate of drug-likeness (QED) is 0.284. The zero-order chi connectivity index (χ0) is 28.2. The number of anilines is 2. The van der Waals surface area contributed by atoms with Crippen LogP contribution in [0.1, 0.15) is 16.6 Å². The van der Waals surface area contributed by atoms with Gasteiger partial charge in [0, 0.05) is 11.1 Å². The summed E-state index contributed by atoms with van der Waals surface area (Å²) in [4.78, 5) is 55.2. The normalized spacial score (nSPS) is 19.8. The van der Waals surface area contributed by atoms with E-state index >= 15 is 0 Å². The highest BCUT2D eigenvalue weighted by molar-refractivity contribution is 8.00. The van der Waals surface area contributed by atoms with Gasteiger partial charge in [0.2, 0.25) is 17.7 Å². The molecule has 2 aliphatic rings. The van der Waals surface area contributed by atoms with E-state index < -0.39 is 40.6 Å². The third kappa shape index (κ3) is 4.20. The topological polar surface area (TPSA) is 102 Å². The second kappa shape index (κ2) is 9.86. The van der Waals surface area contributed by atoms with Crippen LogP contribution in [0.3, 0.4) is 0 Å². The van der Waals surface area contributed by atoms with E-state index in [-0.39, 0.29) is 17.1 Å². The smallest absolute Gasteiger partial charge is 0.308 e. The molecule has 3 atom stereocenters.